The van der Waals surface area contributed by atoms with E-state index in [1.54, 1.807) is 30.3 Å². The maximum atomic E-state index is 12.0. The molecule has 1 fully saturated rings. The summed E-state index contributed by atoms with van der Waals surface area (Å²) in [6, 6.07) is 9.00. The van der Waals surface area contributed by atoms with Gasteiger partial charge in [-0.1, -0.05) is 60.1 Å². The van der Waals surface area contributed by atoms with Crippen LogP contribution in [0.4, 0.5) is 0 Å². The number of carbonyl (C=O) groups is 1. The third kappa shape index (κ3) is 7.27. The van der Waals surface area contributed by atoms with E-state index in [1.807, 2.05) is 0 Å². The first-order valence-corrected chi connectivity index (χ1v) is 11.6. The predicted octanol–water partition coefficient (Wildman–Crippen LogP) is 5.61. The zero-order valence-electron chi connectivity index (χ0n) is 17.8. The molecular weight excluding hydrogens is 473 g/mol. The second-order valence-corrected chi connectivity index (χ2v) is 8.82. The molecule has 9 heteroatoms. The van der Waals surface area contributed by atoms with E-state index < -0.39 is 0 Å². The third-order valence-corrected chi connectivity index (χ3v) is 6.07. The predicted molar refractivity (Wildman–Crippen MR) is 129 cm³/mol. The van der Waals surface area contributed by atoms with E-state index in [9.17, 15) is 4.79 Å². The highest BCUT2D eigenvalue weighted by molar-refractivity contribution is 6.35. The van der Waals surface area contributed by atoms with Gasteiger partial charge in [0, 0.05) is 21.7 Å². The maximum Gasteiger partial charge on any atom is 0.254 e. The molecule has 172 valence electrons. The molecule has 3 rings (SSSR count). The van der Waals surface area contributed by atoms with Crippen LogP contribution in [0.2, 0.25) is 15.1 Å². The van der Waals surface area contributed by atoms with Crippen molar-refractivity contribution in [1.82, 2.24) is 10.7 Å². The summed E-state index contributed by atoms with van der Waals surface area (Å²) in [6.45, 7) is 0.440. The largest absolute Gasteiger partial charge is 0.493 e. The molecule has 32 heavy (non-hydrogen) atoms. The van der Waals surface area contributed by atoms with E-state index in [4.69, 9.17) is 44.3 Å². The summed E-state index contributed by atoms with van der Waals surface area (Å²) in [7, 11) is 1.52. The number of halogens is 3. The maximum absolute atomic E-state index is 12.0. The van der Waals surface area contributed by atoms with Crippen molar-refractivity contribution in [3.05, 3.63) is 56.5 Å². The Kier molecular flexibility index (Phi) is 9.48. The average molecular weight is 499 g/mol. The highest BCUT2D eigenvalue weighted by atomic mass is 35.5. The highest BCUT2D eigenvalue weighted by Crippen LogP contribution is 2.37. The molecule has 0 aromatic heterocycles. The SMILES string of the molecule is COc1cc(/C=N\NC(=O)CNC2CCCCC2)cc(Cl)c1OCc1ccc(Cl)cc1Cl. The zero-order valence-corrected chi connectivity index (χ0v) is 20.1. The van der Waals surface area contributed by atoms with Gasteiger partial charge < -0.3 is 14.8 Å². The van der Waals surface area contributed by atoms with Gasteiger partial charge in [0.2, 0.25) is 0 Å². The first kappa shape index (κ1) is 24.6. The molecule has 1 aliphatic rings. The lowest BCUT2D eigenvalue weighted by molar-refractivity contribution is -0.120. The van der Waals surface area contributed by atoms with Crippen molar-refractivity contribution >= 4 is 46.9 Å². The van der Waals surface area contributed by atoms with Gasteiger partial charge in [-0.2, -0.15) is 5.10 Å². The van der Waals surface area contributed by atoms with Crippen LogP contribution < -0.4 is 20.2 Å². The fourth-order valence-electron chi connectivity index (χ4n) is 3.51. The molecule has 0 radical (unpaired) electrons. The molecule has 0 unspecified atom stereocenters. The third-order valence-electron chi connectivity index (χ3n) is 5.20. The molecule has 0 atom stereocenters. The molecule has 0 saturated heterocycles. The standard InChI is InChI=1S/C23H26Cl3N3O3/c1-31-21-10-15(12-28-29-22(30)13-27-18-5-3-2-4-6-18)9-20(26)23(21)32-14-16-7-8-17(24)11-19(16)25/h7-12,18,27H,2-6,13-14H2,1H3,(H,29,30)/b28-12-. The normalized spacial score (nSPS) is 14.5. The summed E-state index contributed by atoms with van der Waals surface area (Å²) in [5, 5.41) is 8.70. The van der Waals surface area contributed by atoms with Gasteiger partial charge in [0.1, 0.15) is 6.61 Å². The van der Waals surface area contributed by atoms with Crippen molar-refractivity contribution in [2.45, 2.75) is 44.8 Å². The molecule has 6 nitrogen and oxygen atoms in total. The van der Waals surface area contributed by atoms with Crippen molar-refractivity contribution in [2.24, 2.45) is 5.10 Å². The van der Waals surface area contributed by atoms with Gasteiger partial charge in [-0.3, -0.25) is 4.79 Å². The van der Waals surface area contributed by atoms with E-state index in [0.717, 1.165) is 18.4 Å². The summed E-state index contributed by atoms with van der Waals surface area (Å²) in [6.07, 6.45) is 7.45. The lowest BCUT2D eigenvalue weighted by Crippen LogP contribution is -2.38. The number of hydrogen-bond acceptors (Lipinski definition) is 5. The lowest BCUT2D eigenvalue weighted by atomic mass is 9.95. The Hall–Kier alpha value is -1.99. The van der Waals surface area contributed by atoms with Crippen molar-refractivity contribution < 1.29 is 14.3 Å². The monoisotopic (exact) mass is 497 g/mol. The van der Waals surface area contributed by atoms with Gasteiger partial charge in [0.25, 0.3) is 5.91 Å². The number of nitrogens with one attached hydrogen (secondary N) is 2. The van der Waals surface area contributed by atoms with Crippen LogP contribution in [0.15, 0.2) is 35.4 Å². The Morgan fingerprint density at radius 1 is 1.12 bits per heavy atom. The van der Waals surface area contributed by atoms with Crippen molar-refractivity contribution in [2.75, 3.05) is 13.7 Å². The van der Waals surface area contributed by atoms with Gasteiger partial charge in [-0.25, -0.2) is 5.43 Å². The molecule has 2 aromatic carbocycles. The number of amides is 1. The zero-order chi connectivity index (χ0) is 22.9. The summed E-state index contributed by atoms with van der Waals surface area (Å²) in [5.74, 6) is 0.636. The van der Waals surface area contributed by atoms with Crippen LogP contribution in [-0.4, -0.2) is 31.8 Å². The van der Waals surface area contributed by atoms with E-state index in [1.165, 1.54) is 32.6 Å². The number of nitrogens with zero attached hydrogens (tertiary/aromatic N) is 1. The summed E-state index contributed by atoms with van der Waals surface area (Å²) in [4.78, 5) is 12.0. The molecule has 0 aliphatic heterocycles. The molecule has 2 N–H and O–H groups in total. The molecule has 1 saturated carbocycles. The van der Waals surface area contributed by atoms with Crippen LogP contribution >= 0.6 is 34.8 Å². The summed E-state index contributed by atoms with van der Waals surface area (Å²) < 4.78 is 11.3. The topological polar surface area (TPSA) is 72.0 Å². The number of ether oxygens (including phenoxy) is 2. The second kappa shape index (κ2) is 12.3. The lowest BCUT2D eigenvalue weighted by Gasteiger charge is -2.22. The van der Waals surface area contributed by atoms with Gasteiger partial charge in [-0.05, 0) is 42.7 Å². The van der Waals surface area contributed by atoms with Crippen LogP contribution in [-0.2, 0) is 11.4 Å². The average Bonchev–Trinajstić information content (AvgIpc) is 2.78. The fraction of sp³-hybridized carbons (Fsp3) is 0.391. The Bertz CT molecular complexity index is 963. The number of rotatable bonds is 9. The molecule has 0 heterocycles. The van der Waals surface area contributed by atoms with E-state index in [0.29, 0.717) is 38.2 Å². The number of methoxy groups -OCH3 is 1. The Labute approximate surface area is 203 Å². The van der Waals surface area contributed by atoms with Crippen molar-refractivity contribution in [1.29, 1.82) is 0 Å². The Morgan fingerprint density at radius 3 is 2.62 bits per heavy atom. The number of benzene rings is 2. The van der Waals surface area contributed by atoms with Gasteiger partial charge in [-0.15, -0.1) is 0 Å². The Morgan fingerprint density at radius 2 is 1.91 bits per heavy atom. The minimum atomic E-state index is -0.190. The van der Waals surface area contributed by atoms with E-state index in [2.05, 4.69) is 15.8 Å². The minimum Gasteiger partial charge on any atom is -0.493 e. The van der Waals surface area contributed by atoms with Crippen LogP contribution in [0.1, 0.15) is 43.2 Å². The van der Waals surface area contributed by atoms with Crippen molar-refractivity contribution in [3.63, 3.8) is 0 Å². The van der Waals surface area contributed by atoms with Gasteiger partial charge in [0.05, 0.1) is 24.9 Å². The van der Waals surface area contributed by atoms with E-state index in [-0.39, 0.29) is 19.1 Å². The molecule has 1 aliphatic carbocycles. The van der Waals surface area contributed by atoms with E-state index >= 15 is 0 Å². The first-order chi connectivity index (χ1) is 15.5. The summed E-state index contributed by atoms with van der Waals surface area (Å²) >= 11 is 18.5. The van der Waals surface area contributed by atoms with Crippen LogP contribution in [0.5, 0.6) is 11.5 Å². The van der Waals surface area contributed by atoms with Crippen LogP contribution in [0.3, 0.4) is 0 Å². The van der Waals surface area contributed by atoms with Gasteiger partial charge >= 0.3 is 0 Å². The number of hydrogen-bond donors (Lipinski definition) is 2. The van der Waals surface area contributed by atoms with Crippen molar-refractivity contribution in [3.8, 4) is 11.5 Å². The Balaban J connectivity index is 1.56. The van der Waals surface area contributed by atoms with Crippen LogP contribution in [0.25, 0.3) is 0 Å². The summed E-state index contributed by atoms with van der Waals surface area (Å²) in [5.41, 5.74) is 3.95. The van der Waals surface area contributed by atoms with Gasteiger partial charge in [0.15, 0.2) is 11.5 Å². The fourth-order valence-corrected chi connectivity index (χ4v) is 4.24. The molecular formula is C23H26Cl3N3O3. The highest BCUT2D eigenvalue weighted by Gasteiger charge is 2.14. The molecule has 1 amide bonds. The molecule has 0 spiro atoms. The second-order valence-electron chi connectivity index (χ2n) is 7.57. The smallest absolute Gasteiger partial charge is 0.254 e. The number of carbonyl (C=O) groups excluding carboxylic acids is 1. The molecule has 0 bridgehead atoms. The molecule has 2 aromatic rings. The van der Waals surface area contributed by atoms with Crippen LogP contribution in [0, 0.1) is 0 Å². The number of hydrazone groups is 1. The minimum absolute atomic E-state index is 0.190. The first-order valence-electron chi connectivity index (χ1n) is 10.5. The quantitative estimate of drug-likeness (QED) is 0.348.